The molecule has 0 saturated carbocycles. The predicted octanol–water partition coefficient (Wildman–Crippen LogP) is 7.12. The molecule has 1 aliphatic carbocycles. The summed E-state index contributed by atoms with van der Waals surface area (Å²) in [5.74, 6) is 0.592. The van der Waals surface area contributed by atoms with Crippen LogP contribution in [0.1, 0.15) is 89.7 Å². The van der Waals surface area contributed by atoms with Crippen molar-refractivity contribution in [3.05, 3.63) is 83.1 Å². The van der Waals surface area contributed by atoms with Gasteiger partial charge in [0.1, 0.15) is 24.4 Å². The molecular weight excluding hydrogens is 682 g/mol. The Labute approximate surface area is 297 Å². The third-order valence-electron chi connectivity index (χ3n) is 10.9. The number of benzene rings is 2. The third kappa shape index (κ3) is 6.67. The number of carbonyl (C=O) groups is 1. The van der Waals surface area contributed by atoms with Gasteiger partial charge in [0.25, 0.3) is 0 Å². The first kappa shape index (κ1) is 36.3. The Morgan fingerprint density at radius 2 is 1.16 bits per heavy atom. The van der Waals surface area contributed by atoms with E-state index < -0.39 is 24.9 Å². The lowest BCUT2D eigenvalue weighted by Crippen LogP contribution is -2.69. The van der Waals surface area contributed by atoms with Crippen LogP contribution >= 0.6 is 11.6 Å². The van der Waals surface area contributed by atoms with Crippen molar-refractivity contribution in [3.63, 3.8) is 0 Å². The number of alkyl halides is 1. The molecule has 266 valence electrons. The highest BCUT2D eigenvalue weighted by Gasteiger charge is 2.60. The van der Waals surface area contributed by atoms with Crippen LogP contribution in [0.25, 0.3) is 0 Å². The zero-order valence-electron chi connectivity index (χ0n) is 29.1. The number of fused-ring (bicyclic) bond motifs is 1. The fourth-order valence-corrected chi connectivity index (χ4v) is 11.2. The Balaban J connectivity index is 1.27. The van der Waals surface area contributed by atoms with Crippen LogP contribution in [0.2, 0.25) is 0 Å². The number of halogens is 1. The first-order valence-electron chi connectivity index (χ1n) is 17.4. The first-order valence-corrected chi connectivity index (χ1v) is 20.7. The highest BCUT2D eigenvalue weighted by atomic mass is 35.5. The van der Waals surface area contributed by atoms with Crippen LogP contribution in [0.3, 0.4) is 0 Å². The zero-order chi connectivity index (χ0) is 35.4. The van der Waals surface area contributed by atoms with Crippen LogP contribution in [0.5, 0.6) is 0 Å². The summed E-state index contributed by atoms with van der Waals surface area (Å²) in [4.78, 5) is 14.2. The number of hydrogen-bond donors (Lipinski definition) is 0. The van der Waals surface area contributed by atoms with Crippen molar-refractivity contribution in [2.24, 2.45) is 0 Å². The number of ether oxygens (including phenoxy) is 1. The fourth-order valence-electron chi connectivity index (χ4n) is 8.09. The number of piperidine rings is 2. The number of rotatable bonds is 8. The van der Waals surface area contributed by atoms with Gasteiger partial charge < -0.3 is 4.74 Å². The molecule has 2 aromatic carbocycles. The smallest absolute Gasteiger partial charge is 0.415 e. The summed E-state index contributed by atoms with van der Waals surface area (Å²) in [7, 11) is -7.44. The van der Waals surface area contributed by atoms with E-state index in [0.717, 1.165) is 22.4 Å². The molecular formula is C37H49ClN3O6S2+. The van der Waals surface area contributed by atoms with Crippen LogP contribution < -0.4 is 0 Å². The van der Waals surface area contributed by atoms with E-state index in [1.165, 1.54) is 8.61 Å². The minimum Gasteiger partial charge on any atom is -0.415 e. The molecule has 6 rings (SSSR count). The molecule has 9 nitrogen and oxygen atoms in total. The highest BCUT2D eigenvalue weighted by molar-refractivity contribution is 7.89. The number of hydrogen-bond acceptors (Lipinski definition) is 6. The SMILES string of the molecule is CC(C)c1ccc(S(=O)(=O)N2CCC([N+]3(C4CCN(S(=O)(=O)c5ccc(C(C)C)cc5)CC4)C(=O)OCC4=CC(C)(Cl)CC=C43)CC2)cc1. The van der Waals surface area contributed by atoms with Gasteiger partial charge in [-0.25, -0.2) is 16.8 Å². The molecule has 2 aromatic rings. The Morgan fingerprint density at radius 1 is 0.755 bits per heavy atom. The molecule has 0 bridgehead atoms. The second-order valence-corrected chi connectivity index (χ2v) is 19.5. The van der Waals surface area contributed by atoms with E-state index in [1.54, 1.807) is 24.3 Å². The van der Waals surface area contributed by atoms with E-state index in [2.05, 4.69) is 33.8 Å². The standard InChI is InChI=1S/C37H49ClN3O6S2/c1-26(2)28-6-10-33(11-7-28)48(43,44)39-20-15-31(16-21-39)41(35-14-19-37(5,38)24-30(35)25-47-36(41)42)32-17-22-40(23-18-32)49(45,46)34-12-8-29(9-13-34)27(3)4/h6-14,24,26-27,31-32H,15-23,25H2,1-5H3/q+1. The van der Waals surface area contributed by atoms with Crippen molar-refractivity contribution in [1.29, 1.82) is 0 Å². The Morgan fingerprint density at radius 3 is 1.55 bits per heavy atom. The lowest BCUT2D eigenvalue weighted by Gasteiger charge is -2.53. The second kappa shape index (κ2) is 13.5. The van der Waals surface area contributed by atoms with Crippen molar-refractivity contribution < 1.29 is 30.9 Å². The summed E-state index contributed by atoms with van der Waals surface area (Å²) in [5.41, 5.74) is 3.91. The van der Waals surface area contributed by atoms with Gasteiger partial charge in [0.15, 0.2) is 0 Å². The van der Waals surface area contributed by atoms with E-state index in [1.807, 2.05) is 37.3 Å². The monoisotopic (exact) mass is 730 g/mol. The first-order chi connectivity index (χ1) is 23.1. The van der Waals surface area contributed by atoms with E-state index in [4.69, 9.17) is 16.3 Å². The van der Waals surface area contributed by atoms with Gasteiger partial charge in [-0.1, -0.05) is 58.0 Å². The van der Waals surface area contributed by atoms with Gasteiger partial charge in [-0.15, -0.1) is 11.6 Å². The van der Waals surface area contributed by atoms with Gasteiger partial charge in [0.2, 0.25) is 20.0 Å². The maximum Gasteiger partial charge on any atom is 0.522 e. The number of cyclic esters (lactones) is 1. The molecule has 3 fully saturated rings. The van der Waals surface area contributed by atoms with E-state index >= 15 is 0 Å². The number of carbonyl (C=O) groups excluding carboxylic acids is 1. The van der Waals surface area contributed by atoms with Crippen molar-refractivity contribution in [3.8, 4) is 0 Å². The van der Waals surface area contributed by atoms with Crippen molar-refractivity contribution in [2.75, 3.05) is 32.8 Å². The molecule has 3 saturated heterocycles. The molecule has 1 atom stereocenters. The zero-order valence-corrected chi connectivity index (χ0v) is 31.5. The molecule has 3 heterocycles. The van der Waals surface area contributed by atoms with Crippen LogP contribution in [0, 0.1) is 0 Å². The number of nitrogens with zero attached hydrogens (tertiary/aromatic N) is 3. The molecule has 0 N–H and O–H groups in total. The largest absolute Gasteiger partial charge is 0.522 e. The Bertz CT molecular complexity index is 1730. The second-order valence-electron chi connectivity index (χ2n) is 14.8. The molecule has 12 heteroatoms. The topological polar surface area (TPSA) is 101 Å². The van der Waals surface area contributed by atoms with E-state index in [9.17, 15) is 21.6 Å². The van der Waals surface area contributed by atoms with E-state index in [0.29, 0.717) is 43.9 Å². The summed E-state index contributed by atoms with van der Waals surface area (Å²) >= 11 is 6.79. The van der Waals surface area contributed by atoms with Crippen LogP contribution in [0.4, 0.5) is 4.79 Å². The summed E-state index contributed by atoms with van der Waals surface area (Å²) in [6, 6.07) is 13.7. The van der Waals surface area contributed by atoms with Crippen molar-refractivity contribution >= 4 is 37.7 Å². The Hall–Kier alpha value is -2.54. The van der Waals surface area contributed by atoms with Gasteiger partial charge in [-0.3, -0.25) is 0 Å². The average Bonchev–Trinajstić information content (AvgIpc) is 3.08. The van der Waals surface area contributed by atoms with Crippen molar-refractivity contribution in [1.82, 2.24) is 8.61 Å². The summed E-state index contributed by atoms with van der Waals surface area (Å²) in [6.45, 7) is 11.4. The van der Waals surface area contributed by atoms with Gasteiger partial charge in [-0.05, 0) is 66.6 Å². The average molecular weight is 731 g/mol. The van der Waals surface area contributed by atoms with Gasteiger partial charge in [0, 0.05) is 57.4 Å². The lowest BCUT2D eigenvalue weighted by atomic mass is 9.86. The third-order valence-corrected chi connectivity index (χ3v) is 15.0. The maximum absolute atomic E-state index is 14.3. The lowest BCUT2D eigenvalue weighted by molar-refractivity contribution is -0.875. The predicted molar refractivity (Wildman–Crippen MR) is 191 cm³/mol. The molecule has 1 unspecified atom stereocenters. The van der Waals surface area contributed by atoms with Crippen LogP contribution in [0.15, 0.2) is 81.7 Å². The summed E-state index contributed by atoms with van der Waals surface area (Å²) in [6.07, 6.45) is 6.09. The molecule has 0 aromatic heterocycles. The summed E-state index contributed by atoms with van der Waals surface area (Å²) < 4.78 is 63.9. The molecule has 49 heavy (non-hydrogen) atoms. The van der Waals surface area contributed by atoms with Gasteiger partial charge >= 0.3 is 6.09 Å². The number of amides is 1. The Kier molecular flexibility index (Phi) is 10.0. The highest BCUT2D eigenvalue weighted by Crippen LogP contribution is 2.47. The van der Waals surface area contributed by atoms with Crippen LogP contribution in [-0.4, -0.2) is 85.8 Å². The molecule has 1 amide bonds. The molecule has 4 aliphatic rings. The molecule has 0 spiro atoms. The van der Waals surface area contributed by atoms with E-state index in [-0.39, 0.29) is 65.2 Å². The van der Waals surface area contributed by atoms with Gasteiger partial charge in [0.05, 0.1) is 14.7 Å². The van der Waals surface area contributed by atoms with Crippen molar-refractivity contribution in [2.45, 2.75) is 105 Å². The number of sulfonamides is 2. The number of allylic oxidation sites excluding steroid dienone is 2. The minimum atomic E-state index is -3.72. The maximum atomic E-state index is 14.3. The summed E-state index contributed by atoms with van der Waals surface area (Å²) in [5, 5.41) is 0. The fraction of sp³-hybridized carbons (Fsp3) is 0.541. The quantitative estimate of drug-likeness (QED) is 0.212. The van der Waals surface area contributed by atoms with Gasteiger partial charge in [-0.2, -0.15) is 17.9 Å². The molecule has 0 radical (unpaired) electrons. The number of quaternary nitrogens is 1. The van der Waals surface area contributed by atoms with Crippen LogP contribution in [-0.2, 0) is 24.8 Å². The normalized spacial score (nSPS) is 24.8. The minimum absolute atomic E-state index is 0.0489. The molecule has 3 aliphatic heterocycles.